The number of benzene rings is 2. The maximum absolute atomic E-state index is 12.9. The molecule has 2 aromatic carbocycles. The number of carbonyl (C=O) groups excluding carboxylic acids is 2. The van der Waals surface area contributed by atoms with Gasteiger partial charge < -0.3 is 9.47 Å². The lowest BCUT2D eigenvalue weighted by Crippen LogP contribution is -2.24. The largest absolute Gasteiger partial charge is 0.497 e. The van der Waals surface area contributed by atoms with Gasteiger partial charge in [-0.15, -0.1) is 0 Å². The Hall–Kier alpha value is -2.33. The molecule has 126 valence electrons. The summed E-state index contributed by atoms with van der Waals surface area (Å²) >= 11 is 6.19. The maximum atomic E-state index is 12.9. The van der Waals surface area contributed by atoms with Crippen molar-refractivity contribution in [2.75, 3.05) is 13.7 Å². The van der Waals surface area contributed by atoms with Crippen molar-refractivity contribution in [2.24, 2.45) is 0 Å². The zero-order valence-corrected chi connectivity index (χ0v) is 14.6. The third-order valence-electron chi connectivity index (χ3n) is 3.62. The highest BCUT2D eigenvalue weighted by atomic mass is 35.5. The zero-order chi connectivity index (χ0) is 17.7. The summed E-state index contributed by atoms with van der Waals surface area (Å²) in [5.41, 5.74) is 1.78. The molecule has 2 rings (SSSR count). The van der Waals surface area contributed by atoms with Gasteiger partial charge in [-0.05, 0) is 49.2 Å². The lowest BCUT2D eigenvalue weighted by molar-refractivity contribution is -0.143. The summed E-state index contributed by atoms with van der Waals surface area (Å²) < 4.78 is 10.2. The first-order valence-corrected chi connectivity index (χ1v) is 7.96. The number of halogens is 1. The van der Waals surface area contributed by atoms with Crippen LogP contribution in [-0.2, 0) is 9.53 Å². The van der Waals surface area contributed by atoms with Crippen LogP contribution in [0.1, 0.15) is 34.3 Å². The molecule has 0 N–H and O–H groups in total. The molecule has 0 radical (unpaired) electrons. The van der Waals surface area contributed by atoms with Gasteiger partial charge in [0.25, 0.3) is 0 Å². The van der Waals surface area contributed by atoms with Gasteiger partial charge in [0, 0.05) is 5.56 Å². The van der Waals surface area contributed by atoms with Crippen LogP contribution in [-0.4, -0.2) is 25.5 Å². The fourth-order valence-electron chi connectivity index (χ4n) is 2.39. The second kappa shape index (κ2) is 7.97. The lowest BCUT2D eigenvalue weighted by Gasteiger charge is -2.16. The molecule has 0 fully saturated rings. The summed E-state index contributed by atoms with van der Waals surface area (Å²) in [6.07, 6.45) is 0. The number of esters is 1. The van der Waals surface area contributed by atoms with Crippen LogP contribution >= 0.6 is 11.6 Å². The number of Topliss-reactive ketones (excluding diaryl/α,β-unsaturated/α-hetero) is 1. The summed E-state index contributed by atoms with van der Waals surface area (Å²) in [5, 5.41) is 0.322. The van der Waals surface area contributed by atoms with E-state index in [0.717, 1.165) is 5.56 Å². The van der Waals surface area contributed by atoms with E-state index in [1.807, 2.05) is 6.92 Å². The number of ketones is 1. The molecule has 5 heteroatoms. The van der Waals surface area contributed by atoms with Crippen LogP contribution in [0, 0.1) is 6.92 Å². The molecule has 0 heterocycles. The van der Waals surface area contributed by atoms with Gasteiger partial charge in [0.15, 0.2) is 5.78 Å². The normalized spacial score (nSPS) is 11.7. The van der Waals surface area contributed by atoms with E-state index in [-0.39, 0.29) is 12.4 Å². The first-order valence-electron chi connectivity index (χ1n) is 7.58. The summed E-state index contributed by atoms with van der Waals surface area (Å²) in [4.78, 5) is 25.3. The predicted molar refractivity (Wildman–Crippen MR) is 92.9 cm³/mol. The Morgan fingerprint density at radius 1 is 1.12 bits per heavy atom. The number of carbonyl (C=O) groups is 2. The van der Waals surface area contributed by atoms with Gasteiger partial charge in [0.2, 0.25) is 0 Å². The second-order valence-corrected chi connectivity index (χ2v) is 5.71. The fourth-order valence-corrected chi connectivity index (χ4v) is 2.72. The summed E-state index contributed by atoms with van der Waals surface area (Å²) in [5.74, 6) is -1.40. The molecule has 0 saturated heterocycles. The Morgan fingerprint density at radius 3 is 2.33 bits per heavy atom. The smallest absolute Gasteiger partial charge is 0.321 e. The Kier molecular flexibility index (Phi) is 5.99. The van der Waals surface area contributed by atoms with Crippen molar-refractivity contribution in [3.8, 4) is 5.75 Å². The highest BCUT2D eigenvalue weighted by molar-refractivity contribution is 6.35. The predicted octanol–water partition coefficient (Wildman–Crippen LogP) is 4.19. The second-order valence-electron chi connectivity index (χ2n) is 5.31. The summed E-state index contributed by atoms with van der Waals surface area (Å²) in [7, 11) is 1.55. The van der Waals surface area contributed by atoms with Gasteiger partial charge in [0.05, 0.1) is 18.7 Å². The van der Waals surface area contributed by atoms with Gasteiger partial charge >= 0.3 is 5.97 Å². The molecule has 0 aromatic heterocycles. The molecule has 0 saturated carbocycles. The third kappa shape index (κ3) is 3.95. The molecule has 0 spiro atoms. The molecule has 0 amide bonds. The fraction of sp³-hybridized carbons (Fsp3) is 0.263. The van der Waals surface area contributed by atoms with Gasteiger partial charge in [-0.2, -0.15) is 0 Å². The van der Waals surface area contributed by atoms with Gasteiger partial charge in [-0.3, -0.25) is 9.59 Å². The van der Waals surface area contributed by atoms with Crippen LogP contribution in [0.4, 0.5) is 0 Å². The maximum Gasteiger partial charge on any atom is 0.321 e. The molecule has 2 aromatic rings. The van der Waals surface area contributed by atoms with Crippen LogP contribution in [0.2, 0.25) is 5.02 Å². The Labute approximate surface area is 146 Å². The number of ether oxygens (including phenoxy) is 2. The van der Waals surface area contributed by atoms with Crippen molar-refractivity contribution in [3.05, 3.63) is 64.2 Å². The minimum Gasteiger partial charge on any atom is -0.497 e. The van der Waals surface area contributed by atoms with Gasteiger partial charge in [-0.1, -0.05) is 29.8 Å². The summed E-state index contributed by atoms with van der Waals surface area (Å²) in [6.45, 7) is 3.78. The minimum absolute atomic E-state index is 0.195. The molecule has 1 atom stereocenters. The SMILES string of the molecule is CCOC(=O)C(C(=O)c1ccc(C)cc1Cl)c1ccc(OC)cc1. The molecule has 0 aliphatic heterocycles. The highest BCUT2D eigenvalue weighted by Crippen LogP contribution is 2.28. The molecule has 0 bridgehead atoms. The van der Waals surface area contributed by atoms with E-state index in [1.54, 1.807) is 56.5 Å². The van der Waals surface area contributed by atoms with Crippen molar-refractivity contribution in [3.63, 3.8) is 0 Å². The van der Waals surface area contributed by atoms with Gasteiger partial charge in [-0.25, -0.2) is 0 Å². The van der Waals surface area contributed by atoms with Crippen LogP contribution in [0.15, 0.2) is 42.5 Å². The minimum atomic E-state index is -1.06. The van der Waals surface area contributed by atoms with E-state index in [0.29, 0.717) is 21.9 Å². The van der Waals surface area contributed by atoms with E-state index in [9.17, 15) is 9.59 Å². The van der Waals surface area contributed by atoms with E-state index in [2.05, 4.69) is 0 Å². The van der Waals surface area contributed by atoms with E-state index >= 15 is 0 Å². The molecular formula is C19H19ClO4. The highest BCUT2D eigenvalue weighted by Gasteiger charge is 2.32. The average molecular weight is 347 g/mol. The topological polar surface area (TPSA) is 52.6 Å². The first kappa shape index (κ1) is 18.0. The molecule has 24 heavy (non-hydrogen) atoms. The van der Waals surface area contributed by atoms with E-state index in [4.69, 9.17) is 21.1 Å². The third-order valence-corrected chi connectivity index (χ3v) is 3.94. The van der Waals surface area contributed by atoms with Crippen molar-refractivity contribution in [2.45, 2.75) is 19.8 Å². The van der Waals surface area contributed by atoms with Crippen molar-refractivity contribution < 1.29 is 19.1 Å². The molecule has 0 aliphatic rings. The number of hydrogen-bond acceptors (Lipinski definition) is 4. The Morgan fingerprint density at radius 2 is 1.79 bits per heavy atom. The number of rotatable bonds is 6. The van der Waals surface area contributed by atoms with Crippen LogP contribution < -0.4 is 4.74 Å². The number of hydrogen-bond donors (Lipinski definition) is 0. The quantitative estimate of drug-likeness (QED) is 0.447. The average Bonchev–Trinajstić information content (AvgIpc) is 2.56. The zero-order valence-electron chi connectivity index (χ0n) is 13.8. The van der Waals surface area contributed by atoms with Crippen LogP contribution in [0.25, 0.3) is 0 Å². The number of aryl methyl sites for hydroxylation is 1. The van der Waals surface area contributed by atoms with Gasteiger partial charge in [0.1, 0.15) is 11.7 Å². The lowest BCUT2D eigenvalue weighted by atomic mass is 9.90. The van der Waals surface area contributed by atoms with Crippen LogP contribution in [0.5, 0.6) is 5.75 Å². The van der Waals surface area contributed by atoms with Crippen molar-refractivity contribution >= 4 is 23.4 Å². The number of methoxy groups -OCH3 is 1. The van der Waals surface area contributed by atoms with E-state index < -0.39 is 11.9 Å². The standard InChI is InChI=1S/C19H19ClO4/c1-4-24-19(22)17(13-6-8-14(23-3)9-7-13)18(21)15-10-5-12(2)11-16(15)20/h5-11,17H,4H2,1-3H3. The van der Waals surface area contributed by atoms with E-state index in [1.165, 1.54) is 0 Å². The molecule has 4 nitrogen and oxygen atoms in total. The van der Waals surface area contributed by atoms with Crippen LogP contribution in [0.3, 0.4) is 0 Å². The first-order chi connectivity index (χ1) is 11.5. The van der Waals surface area contributed by atoms with Crippen molar-refractivity contribution in [1.82, 2.24) is 0 Å². The van der Waals surface area contributed by atoms with Crippen molar-refractivity contribution in [1.29, 1.82) is 0 Å². The molecule has 0 aliphatic carbocycles. The Balaban J connectivity index is 2.44. The Bertz CT molecular complexity index is 738. The molecule has 1 unspecified atom stereocenters. The monoisotopic (exact) mass is 346 g/mol. The summed E-state index contributed by atoms with van der Waals surface area (Å²) in [6, 6.07) is 11.9. The molecular weight excluding hydrogens is 328 g/mol.